The summed E-state index contributed by atoms with van der Waals surface area (Å²) < 4.78 is 21.9. The van der Waals surface area contributed by atoms with Gasteiger partial charge in [-0.15, -0.1) is 0 Å². The topological polar surface area (TPSA) is 70.5 Å². The molecule has 0 aliphatic heterocycles. The van der Waals surface area contributed by atoms with Gasteiger partial charge in [-0.25, -0.2) is 0 Å². The van der Waals surface area contributed by atoms with Gasteiger partial charge in [-0.3, -0.25) is 4.57 Å². The summed E-state index contributed by atoms with van der Waals surface area (Å²) in [4.78, 5) is 0. The first-order valence-electron chi connectivity index (χ1n) is 8.60. The number of hydrogen-bond donors (Lipinski definition) is 1. The van der Waals surface area contributed by atoms with E-state index in [1.165, 1.54) is 64.2 Å². The summed E-state index contributed by atoms with van der Waals surface area (Å²) >= 11 is 0. The van der Waals surface area contributed by atoms with Crippen molar-refractivity contribution in [2.75, 3.05) is 13.2 Å². The van der Waals surface area contributed by atoms with Gasteiger partial charge in [0.25, 0.3) is 0 Å². The Balaban J connectivity index is 0. The molecule has 0 saturated carbocycles. The van der Waals surface area contributed by atoms with E-state index in [4.69, 9.17) is 9.05 Å². The molecule has 0 heterocycles. The molecule has 0 atom stereocenters. The minimum Gasteiger partial charge on any atom is -0.344 e. The molecule has 5 heteroatoms. The first kappa shape index (κ1) is 23.4. The summed E-state index contributed by atoms with van der Waals surface area (Å²) in [5.41, 5.74) is 0. The van der Waals surface area contributed by atoms with Gasteiger partial charge in [-0.2, -0.15) is 0 Å². The SMILES string of the molecule is CCCCCCCCO[PH](=O)OCCCCCCCC.N. The zero-order valence-electron chi connectivity index (χ0n) is 14.3. The van der Waals surface area contributed by atoms with Crippen molar-refractivity contribution in [1.29, 1.82) is 0 Å². The lowest BCUT2D eigenvalue weighted by molar-refractivity contribution is 0.218. The van der Waals surface area contributed by atoms with Crippen LogP contribution in [-0.2, 0) is 13.6 Å². The van der Waals surface area contributed by atoms with Crippen LogP contribution in [0.2, 0.25) is 0 Å². The Morgan fingerprint density at radius 2 is 0.952 bits per heavy atom. The van der Waals surface area contributed by atoms with Crippen LogP contribution in [0.4, 0.5) is 0 Å². The maximum absolute atomic E-state index is 11.5. The fourth-order valence-electron chi connectivity index (χ4n) is 2.12. The van der Waals surface area contributed by atoms with Crippen molar-refractivity contribution in [2.24, 2.45) is 0 Å². The molecule has 3 N–H and O–H groups in total. The van der Waals surface area contributed by atoms with Crippen molar-refractivity contribution in [3.63, 3.8) is 0 Å². The third-order valence-corrected chi connectivity index (χ3v) is 4.32. The minimum absolute atomic E-state index is 0. The summed E-state index contributed by atoms with van der Waals surface area (Å²) in [6.45, 7) is 5.60. The molecule has 4 nitrogen and oxygen atoms in total. The molecular formula is C16H38NO3P. The lowest BCUT2D eigenvalue weighted by Crippen LogP contribution is -1.92. The Bertz CT molecular complexity index is 196. The maximum atomic E-state index is 11.5. The molecule has 0 aliphatic carbocycles. The van der Waals surface area contributed by atoms with E-state index in [9.17, 15) is 4.57 Å². The molecule has 0 aromatic carbocycles. The first-order chi connectivity index (χ1) is 9.81. The Hall–Kier alpha value is 0.110. The van der Waals surface area contributed by atoms with Crippen LogP contribution >= 0.6 is 8.25 Å². The summed E-state index contributed by atoms with van der Waals surface area (Å²) in [5, 5.41) is 0. The van der Waals surface area contributed by atoms with Crippen LogP contribution in [0.5, 0.6) is 0 Å². The largest absolute Gasteiger partial charge is 0.344 e. The molecule has 0 radical (unpaired) electrons. The van der Waals surface area contributed by atoms with E-state index < -0.39 is 8.25 Å². The molecular weight excluding hydrogens is 285 g/mol. The van der Waals surface area contributed by atoms with Crippen molar-refractivity contribution in [2.45, 2.75) is 90.9 Å². The highest BCUT2D eigenvalue weighted by Gasteiger charge is 1.99. The summed E-state index contributed by atoms with van der Waals surface area (Å²) in [6, 6.07) is 0. The molecule has 0 aliphatic rings. The van der Waals surface area contributed by atoms with Crippen molar-refractivity contribution in [3.8, 4) is 0 Å². The fourth-order valence-corrected chi connectivity index (χ4v) is 2.82. The fraction of sp³-hybridized carbons (Fsp3) is 1.00. The van der Waals surface area contributed by atoms with Gasteiger partial charge < -0.3 is 15.2 Å². The zero-order valence-corrected chi connectivity index (χ0v) is 15.3. The van der Waals surface area contributed by atoms with E-state index in [1.54, 1.807) is 0 Å². The summed E-state index contributed by atoms with van der Waals surface area (Å²) in [5.74, 6) is 0. The first-order valence-corrected chi connectivity index (χ1v) is 9.83. The third-order valence-electron chi connectivity index (χ3n) is 3.44. The van der Waals surface area contributed by atoms with Crippen LogP contribution in [-0.4, -0.2) is 13.2 Å². The van der Waals surface area contributed by atoms with Gasteiger partial charge in [0.1, 0.15) is 0 Å². The summed E-state index contributed by atoms with van der Waals surface area (Å²) in [6.07, 6.45) is 14.7. The van der Waals surface area contributed by atoms with Crippen molar-refractivity contribution < 1.29 is 13.6 Å². The van der Waals surface area contributed by atoms with Gasteiger partial charge in [-0.1, -0.05) is 78.1 Å². The zero-order chi connectivity index (χ0) is 14.9. The highest BCUT2D eigenvalue weighted by molar-refractivity contribution is 7.33. The van der Waals surface area contributed by atoms with Crippen molar-refractivity contribution in [1.82, 2.24) is 6.15 Å². The molecule has 0 aromatic heterocycles. The molecule has 0 amide bonds. The second-order valence-electron chi connectivity index (χ2n) is 5.48. The monoisotopic (exact) mass is 323 g/mol. The highest BCUT2D eigenvalue weighted by Crippen LogP contribution is 2.24. The number of unbranched alkanes of at least 4 members (excludes halogenated alkanes) is 10. The maximum Gasteiger partial charge on any atom is 0.319 e. The van der Waals surface area contributed by atoms with E-state index in [0.29, 0.717) is 13.2 Å². The molecule has 21 heavy (non-hydrogen) atoms. The Labute approximate surface area is 132 Å². The lowest BCUT2D eigenvalue weighted by atomic mass is 10.1. The van der Waals surface area contributed by atoms with Crippen LogP contribution in [0.3, 0.4) is 0 Å². The lowest BCUT2D eigenvalue weighted by Gasteiger charge is -2.06. The van der Waals surface area contributed by atoms with Gasteiger partial charge in [0.2, 0.25) is 0 Å². The van der Waals surface area contributed by atoms with Crippen molar-refractivity contribution in [3.05, 3.63) is 0 Å². The Kier molecular flexibility index (Phi) is 22.4. The van der Waals surface area contributed by atoms with E-state index in [-0.39, 0.29) is 6.15 Å². The minimum atomic E-state index is -2.23. The quantitative estimate of drug-likeness (QED) is 0.267. The second kappa shape index (κ2) is 20.1. The van der Waals surface area contributed by atoms with Crippen LogP contribution < -0.4 is 6.15 Å². The highest BCUT2D eigenvalue weighted by atomic mass is 31.1. The second-order valence-corrected chi connectivity index (χ2v) is 6.56. The Morgan fingerprint density at radius 1 is 0.619 bits per heavy atom. The van der Waals surface area contributed by atoms with Crippen LogP contribution in [0, 0.1) is 0 Å². The molecule has 0 fully saturated rings. The van der Waals surface area contributed by atoms with E-state index in [1.807, 2.05) is 0 Å². The van der Waals surface area contributed by atoms with Crippen LogP contribution in [0.15, 0.2) is 0 Å². The standard InChI is InChI=1S/C16H35O3P.H3N/c1-3-5-7-9-11-13-15-18-20(17)19-16-14-12-10-8-6-4-2;/h20H,3-16H2,1-2H3;1H3. The van der Waals surface area contributed by atoms with Gasteiger partial charge in [-0.05, 0) is 12.8 Å². The average Bonchev–Trinajstić information content (AvgIpc) is 2.45. The molecule has 130 valence electrons. The molecule has 0 bridgehead atoms. The van der Waals surface area contributed by atoms with E-state index in [2.05, 4.69) is 13.8 Å². The van der Waals surface area contributed by atoms with Gasteiger partial charge >= 0.3 is 8.25 Å². The molecule has 0 unspecified atom stereocenters. The van der Waals surface area contributed by atoms with Gasteiger partial charge in [0.15, 0.2) is 0 Å². The van der Waals surface area contributed by atoms with Gasteiger partial charge in [0, 0.05) is 0 Å². The number of hydrogen-bond acceptors (Lipinski definition) is 4. The van der Waals surface area contributed by atoms with E-state index >= 15 is 0 Å². The van der Waals surface area contributed by atoms with Crippen LogP contribution in [0.1, 0.15) is 90.9 Å². The summed E-state index contributed by atoms with van der Waals surface area (Å²) in [7, 11) is -2.23. The predicted octanol–water partition coefficient (Wildman–Crippen LogP) is 6.29. The average molecular weight is 323 g/mol. The van der Waals surface area contributed by atoms with Gasteiger partial charge in [0.05, 0.1) is 13.2 Å². The normalized spacial score (nSPS) is 10.8. The smallest absolute Gasteiger partial charge is 0.319 e. The molecule has 0 spiro atoms. The van der Waals surface area contributed by atoms with Crippen LogP contribution in [0.25, 0.3) is 0 Å². The molecule has 0 rings (SSSR count). The predicted molar refractivity (Wildman–Crippen MR) is 92.7 cm³/mol. The Morgan fingerprint density at radius 3 is 1.33 bits per heavy atom. The third kappa shape index (κ3) is 20.1. The van der Waals surface area contributed by atoms with E-state index in [0.717, 1.165) is 12.8 Å². The number of rotatable bonds is 16. The molecule has 0 saturated heterocycles. The van der Waals surface area contributed by atoms with Crippen molar-refractivity contribution >= 4 is 8.25 Å². The molecule has 0 aromatic rings.